The molecule has 4 rings (SSSR count). The highest BCUT2D eigenvalue weighted by atomic mass is 32.2. The normalized spacial score (nSPS) is 17.0. The molecule has 31 heavy (non-hydrogen) atoms. The summed E-state index contributed by atoms with van der Waals surface area (Å²) >= 11 is 0. The average Bonchev–Trinajstić information content (AvgIpc) is 3.09. The van der Waals surface area contributed by atoms with Crippen molar-refractivity contribution in [3.05, 3.63) is 42.0 Å². The van der Waals surface area contributed by atoms with Crippen molar-refractivity contribution in [2.24, 2.45) is 0 Å². The van der Waals surface area contributed by atoms with E-state index in [1.54, 1.807) is 18.2 Å². The minimum atomic E-state index is -3.78. The van der Waals surface area contributed by atoms with E-state index in [0.717, 1.165) is 30.0 Å². The predicted octanol–water partition coefficient (Wildman–Crippen LogP) is 3.63. The van der Waals surface area contributed by atoms with Gasteiger partial charge in [0.2, 0.25) is 10.0 Å². The van der Waals surface area contributed by atoms with Crippen molar-refractivity contribution >= 4 is 21.6 Å². The minimum absolute atomic E-state index is 0.0717. The first-order valence-electron chi connectivity index (χ1n) is 10.2. The summed E-state index contributed by atoms with van der Waals surface area (Å²) in [5.41, 5.74) is 0.732. The van der Waals surface area contributed by atoms with Crippen molar-refractivity contribution in [3.8, 4) is 17.2 Å². The molecular weight excluding hydrogens is 420 g/mol. The van der Waals surface area contributed by atoms with Gasteiger partial charge in [-0.1, -0.05) is 6.42 Å². The summed E-state index contributed by atoms with van der Waals surface area (Å²) in [6, 6.07) is 9.56. The highest BCUT2D eigenvalue weighted by molar-refractivity contribution is 7.89. The third-order valence-electron chi connectivity index (χ3n) is 5.59. The number of hydrogen-bond acceptors (Lipinski definition) is 6. The molecule has 2 aromatic rings. The van der Waals surface area contributed by atoms with Crippen LogP contribution >= 0.6 is 0 Å². The first-order valence-corrected chi connectivity index (χ1v) is 11.6. The number of hydrogen-bond donors (Lipinski definition) is 1. The van der Waals surface area contributed by atoms with Crippen molar-refractivity contribution in [1.29, 1.82) is 0 Å². The van der Waals surface area contributed by atoms with Gasteiger partial charge in [0.05, 0.1) is 7.11 Å². The van der Waals surface area contributed by atoms with Crippen LogP contribution in [0.4, 0.5) is 5.69 Å². The highest BCUT2D eigenvalue weighted by Gasteiger charge is 2.42. The third-order valence-corrected chi connectivity index (χ3v) is 7.43. The molecule has 0 bridgehead atoms. The second-order valence-electron chi connectivity index (χ2n) is 7.94. The topological polar surface area (TPSA) is 94.2 Å². The number of ether oxygens (including phenoxy) is 3. The third kappa shape index (κ3) is 4.07. The minimum Gasteiger partial charge on any atom is -0.495 e. The quantitative estimate of drug-likeness (QED) is 0.754. The smallest absolute Gasteiger partial charge is 0.255 e. The summed E-state index contributed by atoms with van der Waals surface area (Å²) in [7, 11) is 0.451. The largest absolute Gasteiger partial charge is 0.495 e. The molecule has 9 heteroatoms. The molecule has 1 fully saturated rings. The van der Waals surface area contributed by atoms with Gasteiger partial charge in [0.1, 0.15) is 10.6 Å². The zero-order valence-corrected chi connectivity index (χ0v) is 18.6. The fraction of sp³-hybridized carbons (Fsp3) is 0.409. The van der Waals surface area contributed by atoms with E-state index >= 15 is 0 Å². The van der Waals surface area contributed by atoms with E-state index in [4.69, 9.17) is 14.2 Å². The number of fused-ring (bicyclic) bond motifs is 1. The second kappa shape index (κ2) is 8.05. The van der Waals surface area contributed by atoms with Gasteiger partial charge in [-0.15, -0.1) is 0 Å². The number of rotatable bonds is 5. The van der Waals surface area contributed by atoms with Crippen molar-refractivity contribution < 1.29 is 27.4 Å². The Kier molecular flexibility index (Phi) is 5.57. The molecular formula is C22H26N2O6S. The van der Waals surface area contributed by atoms with Crippen LogP contribution in [0.1, 0.15) is 42.5 Å². The van der Waals surface area contributed by atoms with E-state index in [1.807, 2.05) is 0 Å². The molecule has 0 saturated heterocycles. The van der Waals surface area contributed by atoms with E-state index in [-0.39, 0.29) is 16.2 Å². The summed E-state index contributed by atoms with van der Waals surface area (Å²) in [6.45, 7) is 0. The van der Waals surface area contributed by atoms with Crippen LogP contribution in [0.25, 0.3) is 0 Å². The van der Waals surface area contributed by atoms with Crippen LogP contribution in [-0.2, 0) is 10.0 Å². The van der Waals surface area contributed by atoms with Gasteiger partial charge in [-0.2, -0.15) is 0 Å². The van der Waals surface area contributed by atoms with E-state index in [1.165, 1.54) is 45.8 Å². The molecule has 1 aliphatic carbocycles. The number of benzene rings is 2. The molecule has 0 atom stereocenters. The number of anilines is 1. The molecule has 1 saturated carbocycles. The predicted molar refractivity (Wildman–Crippen MR) is 115 cm³/mol. The van der Waals surface area contributed by atoms with Crippen molar-refractivity contribution in [2.75, 3.05) is 26.5 Å². The Bertz CT molecular complexity index is 1110. The zero-order valence-electron chi connectivity index (χ0n) is 17.8. The molecule has 0 aromatic heterocycles. The van der Waals surface area contributed by atoms with Crippen LogP contribution in [0.5, 0.6) is 17.2 Å². The average molecular weight is 447 g/mol. The van der Waals surface area contributed by atoms with Crippen LogP contribution in [0.2, 0.25) is 0 Å². The van der Waals surface area contributed by atoms with Crippen molar-refractivity contribution in [3.63, 3.8) is 0 Å². The molecule has 1 amide bonds. The van der Waals surface area contributed by atoms with E-state index in [0.29, 0.717) is 17.2 Å². The fourth-order valence-electron chi connectivity index (χ4n) is 3.89. The van der Waals surface area contributed by atoms with E-state index < -0.39 is 21.7 Å². The SMILES string of the molecule is COc1ccc(C(=O)Nc2ccc3c(c2)OC2(CCCCC2)O3)cc1S(=O)(=O)N(C)C. The first kappa shape index (κ1) is 21.5. The fourth-order valence-corrected chi connectivity index (χ4v) is 4.96. The number of carbonyl (C=O) groups is 1. The summed E-state index contributed by atoms with van der Waals surface area (Å²) in [5, 5.41) is 2.80. The maximum atomic E-state index is 12.8. The lowest BCUT2D eigenvalue weighted by atomic mass is 9.94. The summed E-state index contributed by atoms with van der Waals surface area (Å²) < 4.78 is 43.6. The Morgan fingerprint density at radius 1 is 1.03 bits per heavy atom. The zero-order chi connectivity index (χ0) is 22.2. The Morgan fingerprint density at radius 3 is 2.42 bits per heavy atom. The van der Waals surface area contributed by atoms with Gasteiger partial charge in [-0.05, 0) is 43.2 Å². The lowest BCUT2D eigenvalue weighted by Gasteiger charge is -2.31. The van der Waals surface area contributed by atoms with Crippen molar-refractivity contribution in [2.45, 2.75) is 42.8 Å². The summed E-state index contributed by atoms with van der Waals surface area (Å²) in [4.78, 5) is 12.8. The first-order chi connectivity index (χ1) is 14.7. The maximum absolute atomic E-state index is 12.8. The monoisotopic (exact) mass is 446 g/mol. The molecule has 8 nitrogen and oxygen atoms in total. The van der Waals surface area contributed by atoms with Gasteiger partial charge in [0.15, 0.2) is 11.5 Å². The Hall–Kier alpha value is -2.78. The maximum Gasteiger partial charge on any atom is 0.255 e. The lowest BCUT2D eigenvalue weighted by molar-refractivity contribution is -0.105. The van der Waals surface area contributed by atoms with Gasteiger partial charge in [-0.25, -0.2) is 12.7 Å². The highest BCUT2D eigenvalue weighted by Crippen LogP contribution is 2.46. The van der Waals surface area contributed by atoms with Crippen LogP contribution in [0.15, 0.2) is 41.3 Å². The number of carbonyl (C=O) groups excluding carboxylic acids is 1. The molecule has 0 unspecified atom stereocenters. The Balaban J connectivity index is 1.55. The number of nitrogens with zero attached hydrogens (tertiary/aromatic N) is 1. The molecule has 1 heterocycles. The second-order valence-corrected chi connectivity index (χ2v) is 10.1. The molecule has 2 aliphatic rings. The van der Waals surface area contributed by atoms with Crippen LogP contribution < -0.4 is 19.5 Å². The number of methoxy groups -OCH3 is 1. The van der Waals surface area contributed by atoms with Crippen molar-refractivity contribution in [1.82, 2.24) is 4.31 Å². The molecule has 1 N–H and O–H groups in total. The molecule has 2 aromatic carbocycles. The molecule has 1 aliphatic heterocycles. The van der Waals surface area contributed by atoms with Crippen LogP contribution in [-0.4, -0.2) is 45.6 Å². The van der Waals surface area contributed by atoms with Crippen LogP contribution in [0, 0.1) is 0 Å². The van der Waals surface area contributed by atoms with Gasteiger partial charge in [0, 0.05) is 44.3 Å². The summed E-state index contributed by atoms with van der Waals surface area (Å²) in [5.74, 6) is 0.415. The summed E-state index contributed by atoms with van der Waals surface area (Å²) in [6.07, 6.45) is 5.00. The molecule has 1 spiro atoms. The lowest BCUT2D eigenvalue weighted by Crippen LogP contribution is -2.40. The van der Waals surface area contributed by atoms with Crippen LogP contribution in [0.3, 0.4) is 0 Å². The van der Waals surface area contributed by atoms with Gasteiger partial charge < -0.3 is 19.5 Å². The Labute approximate surface area is 182 Å². The van der Waals surface area contributed by atoms with Gasteiger partial charge >= 0.3 is 0 Å². The van der Waals surface area contributed by atoms with Gasteiger partial charge in [0.25, 0.3) is 11.7 Å². The Morgan fingerprint density at radius 2 is 1.74 bits per heavy atom. The van der Waals surface area contributed by atoms with Gasteiger partial charge in [-0.3, -0.25) is 4.79 Å². The van der Waals surface area contributed by atoms with E-state index in [9.17, 15) is 13.2 Å². The van der Waals surface area contributed by atoms with E-state index in [2.05, 4.69) is 5.32 Å². The standard InChI is InChI=1S/C22H26N2O6S/c1-24(2)31(26,27)20-13-15(7-9-18(20)28-3)21(25)23-16-8-10-17-19(14-16)30-22(29-17)11-5-4-6-12-22/h7-10,13-14H,4-6,11-12H2,1-3H3,(H,23,25). The number of amides is 1. The molecule has 166 valence electrons. The number of nitrogens with one attached hydrogen (secondary N) is 1. The molecule has 0 radical (unpaired) electrons. The number of sulfonamides is 1.